The molecule has 6 heteroatoms. The molecule has 0 atom stereocenters. The SMILES string of the molecule is COc1cc(C=C2CCn3c2nc2cc(Cl)ccc2c3=O)ccc1O. The fourth-order valence-electron chi connectivity index (χ4n) is 3.11. The molecule has 0 spiro atoms. The third-order valence-corrected chi connectivity index (χ3v) is 4.59. The Morgan fingerprint density at radius 1 is 1.28 bits per heavy atom. The summed E-state index contributed by atoms with van der Waals surface area (Å²) in [5.74, 6) is 1.15. The van der Waals surface area contributed by atoms with Crippen LogP contribution in [-0.2, 0) is 6.54 Å². The molecule has 0 bridgehead atoms. The highest BCUT2D eigenvalue weighted by Crippen LogP contribution is 2.31. The van der Waals surface area contributed by atoms with Crippen LogP contribution in [0.5, 0.6) is 11.5 Å². The summed E-state index contributed by atoms with van der Waals surface area (Å²) in [6, 6.07) is 10.3. The van der Waals surface area contributed by atoms with Gasteiger partial charge in [-0.15, -0.1) is 0 Å². The number of rotatable bonds is 2. The van der Waals surface area contributed by atoms with Crippen LogP contribution in [0.15, 0.2) is 41.2 Å². The van der Waals surface area contributed by atoms with E-state index in [1.165, 1.54) is 7.11 Å². The highest BCUT2D eigenvalue weighted by atomic mass is 35.5. The van der Waals surface area contributed by atoms with Gasteiger partial charge in [0.2, 0.25) is 0 Å². The summed E-state index contributed by atoms with van der Waals surface area (Å²) in [5.41, 5.74) is 2.38. The molecule has 1 aliphatic heterocycles. The first-order valence-electron chi connectivity index (χ1n) is 7.85. The second-order valence-electron chi connectivity index (χ2n) is 5.90. The summed E-state index contributed by atoms with van der Waals surface area (Å²) < 4.78 is 6.84. The lowest BCUT2D eigenvalue weighted by Gasteiger charge is -2.07. The normalized spacial score (nSPS) is 14.9. The lowest BCUT2D eigenvalue weighted by atomic mass is 10.1. The van der Waals surface area contributed by atoms with Crippen molar-refractivity contribution < 1.29 is 9.84 Å². The lowest BCUT2D eigenvalue weighted by molar-refractivity contribution is 0.373. The van der Waals surface area contributed by atoms with Gasteiger partial charge < -0.3 is 9.84 Å². The minimum Gasteiger partial charge on any atom is -0.504 e. The fourth-order valence-corrected chi connectivity index (χ4v) is 3.28. The number of halogens is 1. The molecule has 0 fully saturated rings. The zero-order chi connectivity index (χ0) is 17.6. The molecule has 1 aromatic heterocycles. The molecule has 0 unspecified atom stereocenters. The summed E-state index contributed by atoms with van der Waals surface area (Å²) in [7, 11) is 1.51. The second kappa shape index (κ2) is 5.93. The maximum atomic E-state index is 12.7. The predicted molar refractivity (Wildman–Crippen MR) is 98.2 cm³/mol. The minimum atomic E-state index is -0.0525. The van der Waals surface area contributed by atoms with Gasteiger partial charge in [-0.25, -0.2) is 4.98 Å². The Kier molecular flexibility index (Phi) is 3.73. The van der Waals surface area contributed by atoms with Crippen molar-refractivity contribution in [2.75, 3.05) is 7.11 Å². The second-order valence-corrected chi connectivity index (χ2v) is 6.34. The summed E-state index contributed by atoms with van der Waals surface area (Å²) in [5, 5.41) is 10.8. The van der Waals surface area contributed by atoms with Gasteiger partial charge in [-0.2, -0.15) is 0 Å². The predicted octanol–water partition coefficient (Wildman–Crippen LogP) is 3.71. The smallest absolute Gasteiger partial charge is 0.261 e. The Labute approximate surface area is 148 Å². The van der Waals surface area contributed by atoms with Crippen molar-refractivity contribution in [3.63, 3.8) is 0 Å². The monoisotopic (exact) mass is 354 g/mol. The molecule has 0 saturated heterocycles. The highest BCUT2D eigenvalue weighted by molar-refractivity contribution is 6.31. The molecule has 25 heavy (non-hydrogen) atoms. The van der Waals surface area contributed by atoms with E-state index < -0.39 is 0 Å². The quantitative estimate of drug-likeness (QED) is 0.762. The van der Waals surface area contributed by atoms with Gasteiger partial charge in [-0.1, -0.05) is 17.7 Å². The van der Waals surface area contributed by atoms with Gasteiger partial charge in [0.25, 0.3) is 5.56 Å². The van der Waals surface area contributed by atoms with Gasteiger partial charge in [0.1, 0.15) is 5.82 Å². The van der Waals surface area contributed by atoms with Crippen LogP contribution in [0.3, 0.4) is 0 Å². The zero-order valence-electron chi connectivity index (χ0n) is 13.5. The van der Waals surface area contributed by atoms with Crippen LogP contribution in [0, 0.1) is 0 Å². The molecule has 0 saturated carbocycles. The van der Waals surface area contributed by atoms with E-state index in [1.54, 1.807) is 41.0 Å². The third-order valence-electron chi connectivity index (χ3n) is 4.35. The molecule has 2 heterocycles. The Bertz CT molecular complexity index is 1090. The molecule has 126 valence electrons. The van der Waals surface area contributed by atoms with E-state index in [4.69, 9.17) is 16.3 Å². The van der Waals surface area contributed by atoms with Crippen molar-refractivity contribution in [3.8, 4) is 11.5 Å². The minimum absolute atomic E-state index is 0.0525. The molecule has 1 aliphatic rings. The molecular formula is C19H15ClN2O3. The lowest BCUT2D eigenvalue weighted by Crippen LogP contribution is -2.20. The standard InChI is InChI=1S/C19H15ClN2O3/c1-25-17-9-11(2-5-16(17)23)8-12-6-7-22-18(12)21-15-10-13(20)3-4-14(15)19(22)24/h2-5,8-10,23H,6-7H2,1H3. The summed E-state index contributed by atoms with van der Waals surface area (Å²) in [6.07, 6.45) is 2.68. The van der Waals surface area contributed by atoms with Crippen molar-refractivity contribution in [1.82, 2.24) is 9.55 Å². The van der Waals surface area contributed by atoms with Crippen LogP contribution in [-0.4, -0.2) is 21.8 Å². The van der Waals surface area contributed by atoms with Gasteiger partial charge >= 0.3 is 0 Å². The first-order chi connectivity index (χ1) is 12.1. The van der Waals surface area contributed by atoms with Crippen molar-refractivity contribution in [3.05, 3.63) is 63.2 Å². The maximum absolute atomic E-state index is 12.7. The van der Waals surface area contributed by atoms with Crippen molar-refractivity contribution in [2.45, 2.75) is 13.0 Å². The van der Waals surface area contributed by atoms with E-state index in [2.05, 4.69) is 4.98 Å². The van der Waals surface area contributed by atoms with Crippen LogP contribution in [0.1, 0.15) is 17.8 Å². The number of phenols is 1. The summed E-state index contributed by atoms with van der Waals surface area (Å²) >= 11 is 6.04. The molecular weight excluding hydrogens is 340 g/mol. The third kappa shape index (κ3) is 2.66. The number of nitrogens with zero attached hydrogens (tertiary/aromatic N) is 2. The first-order valence-corrected chi connectivity index (χ1v) is 8.22. The molecule has 0 radical (unpaired) electrons. The number of aromatic hydroxyl groups is 1. The van der Waals surface area contributed by atoms with Crippen LogP contribution in [0.2, 0.25) is 5.02 Å². The van der Waals surface area contributed by atoms with E-state index in [9.17, 15) is 9.90 Å². The van der Waals surface area contributed by atoms with Crippen LogP contribution < -0.4 is 10.3 Å². The number of hydrogen-bond donors (Lipinski definition) is 1. The summed E-state index contributed by atoms with van der Waals surface area (Å²) in [4.78, 5) is 17.3. The number of benzene rings is 2. The van der Waals surface area contributed by atoms with Crippen LogP contribution in [0.4, 0.5) is 0 Å². The van der Waals surface area contributed by atoms with E-state index in [-0.39, 0.29) is 11.3 Å². The van der Waals surface area contributed by atoms with Gasteiger partial charge in [-0.05, 0) is 54.0 Å². The van der Waals surface area contributed by atoms with Gasteiger partial charge in [0.05, 0.1) is 18.0 Å². The van der Waals surface area contributed by atoms with Gasteiger partial charge in [-0.3, -0.25) is 9.36 Å². The topological polar surface area (TPSA) is 64.4 Å². The van der Waals surface area contributed by atoms with Crippen LogP contribution in [0.25, 0.3) is 22.6 Å². The van der Waals surface area contributed by atoms with Crippen LogP contribution >= 0.6 is 11.6 Å². The zero-order valence-corrected chi connectivity index (χ0v) is 14.2. The molecule has 5 nitrogen and oxygen atoms in total. The Morgan fingerprint density at radius 3 is 2.92 bits per heavy atom. The highest BCUT2D eigenvalue weighted by Gasteiger charge is 2.21. The molecule has 0 amide bonds. The van der Waals surface area contributed by atoms with E-state index in [0.717, 1.165) is 17.6 Å². The van der Waals surface area contributed by atoms with E-state index >= 15 is 0 Å². The number of ether oxygens (including phenoxy) is 1. The summed E-state index contributed by atoms with van der Waals surface area (Å²) in [6.45, 7) is 0.598. The average Bonchev–Trinajstić information content (AvgIpc) is 2.99. The average molecular weight is 355 g/mol. The van der Waals surface area contributed by atoms with Crippen molar-refractivity contribution in [1.29, 1.82) is 0 Å². The molecule has 2 aromatic carbocycles. The number of hydrogen-bond acceptors (Lipinski definition) is 4. The van der Waals surface area contributed by atoms with E-state index in [1.807, 2.05) is 6.08 Å². The van der Waals surface area contributed by atoms with Crippen molar-refractivity contribution in [2.24, 2.45) is 0 Å². The van der Waals surface area contributed by atoms with E-state index in [0.29, 0.717) is 34.0 Å². The number of allylic oxidation sites excluding steroid dienone is 1. The Balaban J connectivity index is 1.86. The molecule has 0 aliphatic carbocycles. The largest absolute Gasteiger partial charge is 0.504 e. The molecule has 1 N–H and O–H groups in total. The number of fused-ring (bicyclic) bond motifs is 2. The Hall–Kier alpha value is -2.79. The molecule has 4 rings (SSSR count). The fraction of sp³-hybridized carbons (Fsp3) is 0.158. The van der Waals surface area contributed by atoms with Gasteiger partial charge in [0.15, 0.2) is 11.5 Å². The number of phenolic OH excluding ortho intramolecular Hbond substituents is 1. The first kappa shape index (κ1) is 15.7. The van der Waals surface area contributed by atoms with Gasteiger partial charge in [0, 0.05) is 11.6 Å². The Morgan fingerprint density at radius 2 is 2.12 bits per heavy atom. The number of aromatic nitrogens is 2. The maximum Gasteiger partial charge on any atom is 0.261 e. The number of methoxy groups -OCH3 is 1. The van der Waals surface area contributed by atoms with Crippen molar-refractivity contribution >= 4 is 34.2 Å². The molecule has 3 aromatic rings.